The van der Waals surface area contributed by atoms with Gasteiger partial charge in [-0.2, -0.15) is 0 Å². The molecule has 0 radical (unpaired) electrons. The van der Waals surface area contributed by atoms with Crippen LogP contribution in [0.15, 0.2) is 27.6 Å². The number of rotatable bonds is 5. The highest BCUT2D eigenvalue weighted by Gasteiger charge is 2.22. The molecule has 0 spiro atoms. The molecule has 1 unspecified atom stereocenters. The van der Waals surface area contributed by atoms with Gasteiger partial charge in [-0.15, -0.1) is 0 Å². The summed E-state index contributed by atoms with van der Waals surface area (Å²) < 4.78 is 24.9. The van der Waals surface area contributed by atoms with Crippen molar-refractivity contribution in [3.05, 3.63) is 22.7 Å². The molecule has 1 aromatic carbocycles. The van der Waals surface area contributed by atoms with Crippen LogP contribution in [0.3, 0.4) is 0 Å². The van der Waals surface area contributed by atoms with E-state index in [9.17, 15) is 13.2 Å². The van der Waals surface area contributed by atoms with Crippen LogP contribution < -0.4 is 11.1 Å². The highest BCUT2D eigenvalue weighted by Crippen LogP contribution is 2.23. The third kappa shape index (κ3) is 4.50. The molecule has 1 atom stereocenters. The van der Waals surface area contributed by atoms with Crippen LogP contribution >= 0.6 is 15.9 Å². The first-order valence-corrected chi connectivity index (χ1v) is 8.28. The van der Waals surface area contributed by atoms with E-state index in [4.69, 9.17) is 5.73 Å². The van der Waals surface area contributed by atoms with Gasteiger partial charge < -0.3 is 11.1 Å². The predicted octanol–water partition coefficient (Wildman–Crippen LogP) is 1.72. The van der Waals surface area contributed by atoms with E-state index in [1.165, 1.54) is 12.1 Å². The van der Waals surface area contributed by atoms with Crippen molar-refractivity contribution in [2.75, 3.05) is 11.5 Å². The van der Waals surface area contributed by atoms with E-state index in [2.05, 4.69) is 21.2 Å². The molecule has 0 aliphatic heterocycles. The largest absolute Gasteiger partial charge is 0.398 e. The fourth-order valence-corrected chi connectivity index (χ4v) is 3.13. The van der Waals surface area contributed by atoms with Gasteiger partial charge in [0.15, 0.2) is 9.84 Å². The monoisotopic (exact) mass is 348 g/mol. The van der Waals surface area contributed by atoms with Gasteiger partial charge in [0.1, 0.15) is 5.75 Å². The number of carbonyl (C=O) groups excluding carboxylic acids is 1. The number of halogens is 1. The van der Waals surface area contributed by atoms with Crippen LogP contribution in [0.4, 0.5) is 5.69 Å². The summed E-state index contributed by atoms with van der Waals surface area (Å²) in [4.78, 5) is 11.6. The fourth-order valence-electron chi connectivity index (χ4n) is 1.47. The molecule has 0 aliphatic rings. The molecule has 5 nitrogen and oxygen atoms in total. The summed E-state index contributed by atoms with van der Waals surface area (Å²) in [7, 11) is -3.72. The maximum Gasteiger partial charge on any atom is 0.235 e. The van der Waals surface area contributed by atoms with E-state index in [1.807, 2.05) is 13.8 Å². The Morgan fingerprint density at radius 2 is 2.11 bits per heavy atom. The molecule has 1 amide bonds. The summed E-state index contributed by atoms with van der Waals surface area (Å²) in [5, 5.41) is 2.62. The van der Waals surface area contributed by atoms with Gasteiger partial charge in [-0.3, -0.25) is 4.79 Å². The molecule has 1 rings (SSSR count). The smallest absolute Gasteiger partial charge is 0.235 e. The number of hydrogen-bond donors (Lipinski definition) is 2. The Kier molecular flexibility index (Phi) is 5.37. The van der Waals surface area contributed by atoms with Crippen LogP contribution in [-0.4, -0.2) is 26.1 Å². The first-order chi connectivity index (χ1) is 8.76. The van der Waals surface area contributed by atoms with Crippen molar-refractivity contribution in [1.82, 2.24) is 5.32 Å². The van der Waals surface area contributed by atoms with E-state index in [0.717, 1.165) is 6.42 Å². The molecule has 0 bridgehead atoms. The maximum atomic E-state index is 12.1. The highest BCUT2D eigenvalue weighted by molar-refractivity contribution is 9.10. The van der Waals surface area contributed by atoms with E-state index >= 15 is 0 Å². The average molecular weight is 349 g/mol. The second kappa shape index (κ2) is 6.38. The van der Waals surface area contributed by atoms with Gasteiger partial charge >= 0.3 is 0 Å². The minimum Gasteiger partial charge on any atom is -0.398 e. The Morgan fingerprint density at radius 3 is 2.63 bits per heavy atom. The van der Waals surface area contributed by atoms with Crippen LogP contribution in [0.1, 0.15) is 20.3 Å². The Balaban J connectivity index is 2.90. The molecule has 0 aromatic heterocycles. The zero-order valence-electron chi connectivity index (χ0n) is 10.8. The first-order valence-electron chi connectivity index (χ1n) is 5.83. The lowest BCUT2D eigenvalue weighted by atomic mass is 10.3. The number of nitrogens with one attached hydrogen (secondary N) is 1. The van der Waals surface area contributed by atoms with Crippen molar-refractivity contribution < 1.29 is 13.2 Å². The van der Waals surface area contributed by atoms with Crippen LogP contribution in [0.2, 0.25) is 0 Å². The number of sulfone groups is 1. The van der Waals surface area contributed by atoms with Crippen LogP contribution in [0.5, 0.6) is 0 Å². The average Bonchev–Trinajstić information content (AvgIpc) is 2.26. The van der Waals surface area contributed by atoms with Crippen molar-refractivity contribution in [2.24, 2.45) is 0 Å². The van der Waals surface area contributed by atoms with Gasteiger partial charge in [-0.05, 0) is 31.5 Å². The molecule has 0 saturated carbocycles. The summed E-state index contributed by atoms with van der Waals surface area (Å²) in [5.74, 6) is -1.11. The fraction of sp³-hybridized carbons (Fsp3) is 0.417. The van der Waals surface area contributed by atoms with Crippen molar-refractivity contribution in [1.29, 1.82) is 0 Å². The molecule has 0 fully saturated rings. The van der Waals surface area contributed by atoms with Crippen molar-refractivity contribution >= 4 is 37.4 Å². The standard InChI is InChI=1S/C12H17BrN2O3S/c1-3-8(2)15-12(16)7-19(17,18)11-5-4-9(13)6-10(11)14/h4-6,8H,3,7,14H2,1-2H3,(H,15,16). The third-order valence-corrected chi connectivity index (χ3v) is 4.83. The quantitative estimate of drug-likeness (QED) is 0.792. The molecule has 7 heteroatoms. The Hall–Kier alpha value is -1.08. The number of carbonyl (C=O) groups is 1. The number of amides is 1. The minimum absolute atomic E-state index is 0.0185. The summed E-state index contributed by atoms with van der Waals surface area (Å²) in [6, 6.07) is 4.42. The van der Waals surface area contributed by atoms with E-state index in [0.29, 0.717) is 4.47 Å². The first kappa shape index (κ1) is 16.0. The van der Waals surface area contributed by atoms with Gasteiger partial charge in [0.05, 0.1) is 10.6 Å². The van der Waals surface area contributed by atoms with Gasteiger partial charge in [0.25, 0.3) is 0 Å². The predicted molar refractivity (Wildman–Crippen MR) is 78.5 cm³/mol. The lowest BCUT2D eigenvalue weighted by Gasteiger charge is -2.12. The van der Waals surface area contributed by atoms with Crippen molar-refractivity contribution in [2.45, 2.75) is 31.2 Å². The molecule has 0 aliphatic carbocycles. The second-order valence-corrected chi connectivity index (χ2v) is 7.19. The molecule has 0 heterocycles. The molecule has 0 saturated heterocycles. The molecule has 1 aromatic rings. The van der Waals surface area contributed by atoms with Gasteiger partial charge in [0, 0.05) is 10.5 Å². The Morgan fingerprint density at radius 1 is 1.47 bits per heavy atom. The number of hydrogen-bond acceptors (Lipinski definition) is 4. The number of benzene rings is 1. The molecule has 3 N–H and O–H groups in total. The van der Waals surface area contributed by atoms with Crippen LogP contribution in [0.25, 0.3) is 0 Å². The number of nitrogen functional groups attached to an aromatic ring is 1. The van der Waals surface area contributed by atoms with Crippen molar-refractivity contribution in [3.63, 3.8) is 0 Å². The van der Waals surface area contributed by atoms with E-state index in [-0.39, 0.29) is 16.6 Å². The summed E-state index contributed by atoms with van der Waals surface area (Å²) in [6.45, 7) is 3.73. The summed E-state index contributed by atoms with van der Waals surface area (Å²) >= 11 is 3.20. The van der Waals surface area contributed by atoms with Gasteiger partial charge in [-0.1, -0.05) is 22.9 Å². The summed E-state index contributed by atoms with van der Waals surface area (Å²) in [6.07, 6.45) is 0.742. The molecule has 106 valence electrons. The second-order valence-electron chi connectivity index (χ2n) is 4.32. The van der Waals surface area contributed by atoms with Crippen molar-refractivity contribution in [3.8, 4) is 0 Å². The maximum absolute atomic E-state index is 12.1. The lowest BCUT2D eigenvalue weighted by molar-refractivity contribution is -0.119. The third-order valence-electron chi connectivity index (χ3n) is 2.65. The molecule has 19 heavy (non-hydrogen) atoms. The molecular weight excluding hydrogens is 332 g/mol. The van der Waals surface area contributed by atoms with E-state index in [1.54, 1.807) is 6.07 Å². The van der Waals surface area contributed by atoms with Crippen LogP contribution in [0, 0.1) is 0 Å². The van der Waals surface area contributed by atoms with E-state index < -0.39 is 21.5 Å². The number of nitrogens with two attached hydrogens (primary N) is 1. The summed E-state index contributed by atoms with van der Waals surface area (Å²) in [5.41, 5.74) is 5.80. The topological polar surface area (TPSA) is 89.3 Å². The highest BCUT2D eigenvalue weighted by atomic mass is 79.9. The lowest BCUT2D eigenvalue weighted by Crippen LogP contribution is -2.36. The zero-order chi connectivity index (χ0) is 14.6. The minimum atomic E-state index is -3.72. The van der Waals surface area contributed by atoms with Gasteiger partial charge in [-0.25, -0.2) is 8.42 Å². The Bertz CT molecular complexity index is 572. The number of anilines is 1. The molecular formula is C12H17BrN2O3S. The van der Waals surface area contributed by atoms with Gasteiger partial charge in [0.2, 0.25) is 5.91 Å². The van der Waals surface area contributed by atoms with Crippen LogP contribution in [-0.2, 0) is 14.6 Å². The zero-order valence-corrected chi connectivity index (χ0v) is 13.2. The SMILES string of the molecule is CCC(C)NC(=O)CS(=O)(=O)c1ccc(Br)cc1N. The Labute approximate surface area is 121 Å². The normalized spacial score (nSPS) is 13.0.